The largest absolute Gasteiger partial charge is 0.497 e. The summed E-state index contributed by atoms with van der Waals surface area (Å²) in [4.78, 5) is 0. The van der Waals surface area contributed by atoms with Crippen LogP contribution in [0.1, 0.15) is 11.1 Å². The van der Waals surface area contributed by atoms with Crippen LogP contribution in [0.2, 0.25) is 0 Å². The van der Waals surface area contributed by atoms with E-state index in [1.54, 1.807) is 19.2 Å². The van der Waals surface area contributed by atoms with E-state index in [1.165, 1.54) is 0 Å². The third kappa shape index (κ3) is 4.14. The number of anilines is 1. The molecule has 0 aliphatic rings. The van der Waals surface area contributed by atoms with Gasteiger partial charge in [-0.15, -0.1) is 0 Å². The molecule has 2 aromatic carbocycles. The highest BCUT2D eigenvalue weighted by molar-refractivity contribution is 7.92. The van der Waals surface area contributed by atoms with E-state index in [4.69, 9.17) is 9.47 Å². The van der Waals surface area contributed by atoms with Crippen molar-refractivity contribution in [3.63, 3.8) is 0 Å². The summed E-state index contributed by atoms with van der Waals surface area (Å²) in [6, 6.07) is 10.8. The molecule has 5 nitrogen and oxygen atoms in total. The molecular weight excluding hydrogens is 302 g/mol. The number of rotatable bonds is 5. The zero-order chi connectivity index (χ0) is 16.3. The number of sulfonamides is 1. The number of methoxy groups -OCH3 is 1. The Hall–Kier alpha value is -2.21. The summed E-state index contributed by atoms with van der Waals surface area (Å²) in [6.45, 7) is 3.75. The van der Waals surface area contributed by atoms with Gasteiger partial charge in [-0.25, -0.2) is 8.42 Å². The first kappa shape index (κ1) is 16.2. The fraction of sp³-hybridized carbons (Fsp3) is 0.250. The van der Waals surface area contributed by atoms with Gasteiger partial charge in [0.2, 0.25) is 10.0 Å². The third-order valence-corrected chi connectivity index (χ3v) is 3.65. The van der Waals surface area contributed by atoms with Crippen molar-refractivity contribution in [2.75, 3.05) is 18.1 Å². The van der Waals surface area contributed by atoms with Crippen LogP contribution in [0, 0.1) is 13.8 Å². The van der Waals surface area contributed by atoms with Gasteiger partial charge in [-0.2, -0.15) is 0 Å². The number of ether oxygens (including phenoxy) is 2. The summed E-state index contributed by atoms with van der Waals surface area (Å²) in [5.74, 6) is 2.16. The van der Waals surface area contributed by atoms with Gasteiger partial charge in [0.05, 0.1) is 13.4 Å². The lowest BCUT2D eigenvalue weighted by atomic mass is 10.1. The number of hydrogen-bond donors (Lipinski definition) is 1. The van der Waals surface area contributed by atoms with E-state index in [1.807, 2.05) is 38.1 Å². The second-order valence-electron chi connectivity index (χ2n) is 5.09. The summed E-state index contributed by atoms with van der Waals surface area (Å²) < 4.78 is 36.1. The number of aryl methyl sites for hydroxylation is 2. The lowest BCUT2D eigenvalue weighted by Gasteiger charge is -2.14. The molecular formula is C16H19NO4S. The van der Waals surface area contributed by atoms with Crippen molar-refractivity contribution in [1.29, 1.82) is 0 Å². The summed E-state index contributed by atoms with van der Waals surface area (Å²) in [5, 5.41) is 0. The van der Waals surface area contributed by atoms with Crippen molar-refractivity contribution in [2.45, 2.75) is 13.8 Å². The Kier molecular flexibility index (Phi) is 4.61. The Balaban J connectivity index is 2.27. The van der Waals surface area contributed by atoms with Crippen LogP contribution >= 0.6 is 0 Å². The monoisotopic (exact) mass is 321 g/mol. The van der Waals surface area contributed by atoms with Crippen LogP contribution in [0.25, 0.3) is 0 Å². The van der Waals surface area contributed by atoms with E-state index in [0.29, 0.717) is 17.2 Å². The van der Waals surface area contributed by atoms with Crippen LogP contribution in [-0.2, 0) is 10.0 Å². The molecule has 0 radical (unpaired) electrons. The summed E-state index contributed by atoms with van der Waals surface area (Å²) in [5.41, 5.74) is 2.23. The lowest BCUT2D eigenvalue weighted by Crippen LogP contribution is -2.10. The molecule has 0 saturated heterocycles. The first-order chi connectivity index (χ1) is 10.3. The van der Waals surface area contributed by atoms with Crippen LogP contribution in [-0.4, -0.2) is 21.8 Å². The van der Waals surface area contributed by atoms with Gasteiger partial charge in [0.15, 0.2) is 0 Å². The molecule has 118 valence electrons. The van der Waals surface area contributed by atoms with Crippen molar-refractivity contribution < 1.29 is 17.9 Å². The van der Waals surface area contributed by atoms with Crippen LogP contribution < -0.4 is 14.2 Å². The van der Waals surface area contributed by atoms with Crippen molar-refractivity contribution >= 4 is 15.7 Å². The molecule has 2 aromatic rings. The number of hydrogen-bond acceptors (Lipinski definition) is 4. The van der Waals surface area contributed by atoms with Gasteiger partial charge >= 0.3 is 0 Å². The molecule has 0 atom stereocenters. The Morgan fingerprint density at radius 2 is 1.45 bits per heavy atom. The Labute approximate surface area is 130 Å². The van der Waals surface area contributed by atoms with E-state index >= 15 is 0 Å². The van der Waals surface area contributed by atoms with E-state index in [2.05, 4.69) is 4.72 Å². The average molecular weight is 321 g/mol. The number of benzene rings is 2. The van der Waals surface area contributed by atoms with E-state index in [0.717, 1.165) is 23.1 Å². The predicted molar refractivity (Wildman–Crippen MR) is 87.5 cm³/mol. The molecule has 0 aromatic heterocycles. The van der Waals surface area contributed by atoms with Crippen LogP contribution in [0.4, 0.5) is 5.69 Å². The quantitative estimate of drug-likeness (QED) is 0.916. The van der Waals surface area contributed by atoms with E-state index in [-0.39, 0.29) is 0 Å². The highest BCUT2D eigenvalue weighted by Crippen LogP contribution is 2.32. The summed E-state index contributed by atoms with van der Waals surface area (Å²) >= 11 is 0. The second kappa shape index (κ2) is 6.27. The molecule has 2 rings (SSSR count). The molecule has 22 heavy (non-hydrogen) atoms. The van der Waals surface area contributed by atoms with E-state index in [9.17, 15) is 8.42 Å². The van der Waals surface area contributed by atoms with Crippen molar-refractivity contribution in [3.8, 4) is 17.2 Å². The second-order valence-corrected chi connectivity index (χ2v) is 6.84. The fourth-order valence-corrected chi connectivity index (χ4v) is 2.69. The minimum absolute atomic E-state index is 0.527. The maximum absolute atomic E-state index is 11.3. The topological polar surface area (TPSA) is 64.6 Å². The van der Waals surface area contributed by atoms with Crippen LogP contribution in [0.3, 0.4) is 0 Å². The van der Waals surface area contributed by atoms with Gasteiger partial charge in [0.1, 0.15) is 17.2 Å². The van der Waals surface area contributed by atoms with E-state index < -0.39 is 10.0 Å². The molecule has 0 heterocycles. The molecule has 0 aliphatic heterocycles. The third-order valence-electron chi connectivity index (χ3n) is 3.04. The highest BCUT2D eigenvalue weighted by atomic mass is 32.2. The summed E-state index contributed by atoms with van der Waals surface area (Å²) in [6.07, 6.45) is 1.12. The molecule has 0 unspecified atom stereocenters. The highest BCUT2D eigenvalue weighted by Gasteiger charge is 2.10. The van der Waals surface area contributed by atoms with Gasteiger partial charge in [0.25, 0.3) is 0 Å². The van der Waals surface area contributed by atoms with Gasteiger partial charge in [-0.05, 0) is 61.4 Å². The zero-order valence-electron chi connectivity index (χ0n) is 13.0. The zero-order valence-corrected chi connectivity index (χ0v) is 13.8. The van der Waals surface area contributed by atoms with Crippen LogP contribution in [0.15, 0.2) is 36.4 Å². The molecule has 6 heteroatoms. The first-order valence-electron chi connectivity index (χ1n) is 6.69. The minimum Gasteiger partial charge on any atom is -0.497 e. The fourth-order valence-electron chi connectivity index (χ4n) is 2.15. The molecule has 0 amide bonds. The van der Waals surface area contributed by atoms with Crippen LogP contribution in [0.5, 0.6) is 17.2 Å². The number of nitrogens with one attached hydrogen (secondary N) is 1. The Morgan fingerprint density at radius 1 is 0.955 bits per heavy atom. The standard InChI is InChI=1S/C16H19NO4S/c1-11-9-13(17-22(4,18)19)10-12(2)16(11)21-15-7-5-14(20-3)6-8-15/h5-10,17H,1-4H3. The summed E-state index contributed by atoms with van der Waals surface area (Å²) in [7, 11) is -1.69. The van der Waals surface area contributed by atoms with Crippen molar-refractivity contribution in [2.24, 2.45) is 0 Å². The van der Waals surface area contributed by atoms with Gasteiger partial charge in [-0.3, -0.25) is 4.72 Å². The normalized spacial score (nSPS) is 11.1. The molecule has 0 spiro atoms. The molecule has 0 bridgehead atoms. The minimum atomic E-state index is -3.29. The molecule has 0 aliphatic carbocycles. The predicted octanol–water partition coefficient (Wildman–Crippen LogP) is 3.48. The maximum atomic E-state index is 11.3. The smallest absolute Gasteiger partial charge is 0.229 e. The SMILES string of the molecule is COc1ccc(Oc2c(C)cc(NS(C)(=O)=O)cc2C)cc1. The van der Waals surface area contributed by atoms with Gasteiger partial charge < -0.3 is 9.47 Å². The maximum Gasteiger partial charge on any atom is 0.229 e. The lowest BCUT2D eigenvalue weighted by molar-refractivity contribution is 0.412. The Morgan fingerprint density at radius 3 is 1.91 bits per heavy atom. The van der Waals surface area contributed by atoms with Crippen molar-refractivity contribution in [3.05, 3.63) is 47.5 Å². The average Bonchev–Trinajstić information content (AvgIpc) is 2.42. The Bertz CT molecular complexity index is 744. The molecule has 0 saturated carbocycles. The first-order valence-corrected chi connectivity index (χ1v) is 8.58. The molecule has 0 fully saturated rings. The van der Waals surface area contributed by atoms with Gasteiger partial charge in [0, 0.05) is 5.69 Å². The van der Waals surface area contributed by atoms with Crippen molar-refractivity contribution in [1.82, 2.24) is 0 Å². The van der Waals surface area contributed by atoms with Gasteiger partial charge in [-0.1, -0.05) is 0 Å². The molecule has 1 N–H and O–H groups in total.